The highest BCUT2D eigenvalue weighted by molar-refractivity contribution is 7.17. The van der Waals surface area contributed by atoms with Crippen molar-refractivity contribution in [2.45, 2.75) is 0 Å². The van der Waals surface area contributed by atoms with Crippen LogP contribution in [0.15, 0.2) is 24.3 Å². The third-order valence-electron chi connectivity index (χ3n) is 1.94. The summed E-state index contributed by atoms with van der Waals surface area (Å²) in [4.78, 5) is 11.7. The summed E-state index contributed by atoms with van der Waals surface area (Å²) in [6.45, 7) is 0. The van der Waals surface area contributed by atoms with E-state index in [1.165, 1.54) is 0 Å². The third-order valence-corrected chi connectivity index (χ3v) is 2.96. The Morgan fingerprint density at radius 2 is 2.06 bits per heavy atom. The average molecular weight is 270 g/mol. The molecule has 2 rings (SSSR count). The number of rotatable bonds is 3. The molecule has 0 aliphatic carbocycles. The van der Waals surface area contributed by atoms with Crippen LogP contribution in [0.3, 0.4) is 0 Å². The zero-order valence-electron chi connectivity index (χ0n) is 8.81. The summed E-state index contributed by atoms with van der Waals surface area (Å²) in [5.41, 5.74) is 0.655. The van der Waals surface area contributed by atoms with E-state index in [1.54, 1.807) is 31.4 Å². The van der Waals surface area contributed by atoms with Gasteiger partial charge in [0, 0.05) is 5.69 Å². The molecule has 5 nitrogen and oxygen atoms in total. The number of benzene rings is 1. The number of hydrogen-bond acceptors (Lipinski definition) is 5. The molecule has 0 saturated carbocycles. The van der Waals surface area contributed by atoms with Gasteiger partial charge in [-0.05, 0) is 35.9 Å². The van der Waals surface area contributed by atoms with Crippen molar-refractivity contribution in [3.8, 4) is 5.75 Å². The summed E-state index contributed by atoms with van der Waals surface area (Å²) in [5.74, 6) is 0.390. The molecule has 0 fully saturated rings. The lowest BCUT2D eigenvalue weighted by atomic mass is 10.3. The fourth-order valence-corrected chi connectivity index (χ4v) is 1.88. The summed E-state index contributed by atoms with van der Waals surface area (Å²) >= 11 is 6.62. The van der Waals surface area contributed by atoms with Crippen molar-refractivity contribution in [3.05, 3.63) is 33.7 Å². The SMILES string of the molecule is COc1ccc(NC(=O)c2nnc(Cl)s2)cc1. The average Bonchev–Trinajstić information content (AvgIpc) is 2.77. The van der Waals surface area contributed by atoms with Crippen LogP contribution in [0.25, 0.3) is 0 Å². The summed E-state index contributed by atoms with van der Waals surface area (Å²) in [6, 6.07) is 6.98. The summed E-state index contributed by atoms with van der Waals surface area (Å²) < 4.78 is 5.25. The topological polar surface area (TPSA) is 64.1 Å². The lowest BCUT2D eigenvalue weighted by molar-refractivity contribution is 0.102. The number of amides is 1. The summed E-state index contributed by atoms with van der Waals surface area (Å²) in [5, 5.41) is 10.1. The van der Waals surface area contributed by atoms with E-state index in [2.05, 4.69) is 15.5 Å². The van der Waals surface area contributed by atoms with Crippen LogP contribution in [0.1, 0.15) is 9.80 Å². The highest BCUT2D eigenvalue weighted by atomic mass is 35.5. The quantitative estimate of drug-likeness (QED) is 0.930. The molecule has 1 N–H and O–H groups in total. The Morgan fingerprint density at radius 1 is 1.35 bits per heavy atom. The zero-order valence-corrected chi connectivity index (χ0v) is 10.4. The molecule has 0 saturated heterocycles. The van der Waals surface area contributed by atoms with Crippen LogP contribution < -0.4 is 10.1 Å². The number of aromatic nitrogens is 2. The van der Waals surface area contributed by atoms with Gasteiger partial charge in [0.05, 0.1) is 7.11 Å². The normalized spacial score (nSPS) is 10.0. The number of methoxy groups -OCH3 is 1. The van der Waals surface area contributed by atoms with Gasteiger partial charge in [-0.15, -0.1) is 10.2 Å². The number of carbonyl (C=O) groups is 1. The molecule has 1 amide bonds. The Bertz CT molecular complexity index is 527. The van der Waals surface area contributed by atoms with Crippen LogP contribution in [-0.2, 0) is 0 Å². The highest BCUT2D eigenvalue weighted by Gasteiger charge is 2.11. The van der Waals surface area contributed by atoms with E-state index < -0.39 is 0 Å². The standard InChI is InChI=1S/C10H8ClN3O2S/c1-16-7-4-2-6(3-5-7)12-8(15)9-13-14-10(11)17-9/h2-5H,1H3,(H,12,15). The van der Waals surface area contributed by atoms with Gasteiger partial charge in [0.15, 0.2) is 0 Å². The van der Waals surface area contributed by atoms with Gasteiger partial charge in [-0.1, -0.05) is 11.3 Å². The molecule has 0 spiro atoms. The van der Waals surface area contributed by atoms with Gasteiger partial charge in [-0.25, -0.2) is 0 Å². The Kier molecular flexibility index (Phi) is 3.55. The van der Waals surface area contributed by atoms with E-state index in [0.29, 0.717) is 5.69 Å². The molecule has 1 aromatic heterocycles. The Hall–Kier alpha value is -1.66. The number of carbonyl (C=O) groups excluding carboxylic acids is 1. The van der Waals surface area contributed by atoms with Gasteiger partial charge < -0.3 is 10.1 Å². The Balaban J connectivity index is 2.07. The van der Waals surface area contributed by atoms with Crippen LogP contribution in [-0.4, -0.2) is 23.2 Å². The molecule has 2 aromatic rings. The molecule has 0 bridgehead atoms. The first-order chi connectivity index (χ1) is 8.19. The highest BCUT2D eigenvalue weighted by Crippen LogP contribution is 2.18. The second-order valence-corrected chi connectivity index (χ2v) is 4.60. The molecule has 17 heavy (non-hydrogen) atoms. The molecule has 0 aliphatic heterocycles. The van der Waals surface area contributed by atoms with Crippen molar-refractivity contribution in [3.63, 3.8) is 0 Å². The molecule has 88 valence electrons. The number of nitrogens with one attached hydrogen (secondary N) is 1. The monoisotopic (exact) mass is 269 g/mol. The first-order valence-corrected chi connectivity index (χ1v) is 5.83. The lowest BCUT2D eigenvalue weighted by Gasteiger charge is -2.03. The molecular weight excluding hydrogens is 262 g/mol. The maximum absolute atomic E-state index is 11.7. The molecule has 0 radical (unpaired) electrons. The second kappa shape index (κ2) is 5.11. The van der Waals surface area contributed by atoms with Crippen molar-refractivity contribution in [1.29, 1.82) is 0 Å². The molecule has 7 heteroatoms. The largest absolute Gasteiger partial charge is 0.497 e. The zero-order chi connectivity index (χ0) is 12.3. The number of ether oxygens (including phenoxy) is 1. The fraction of sp³-hybridized carbons (Fsp3) is 0.100. The van der Waals surface area contributed by atoms with Crippen molar-refractivity contribution in [2.75, 3.05) is 12.4 Å². The van der Waals surface area contributed by atoms with E-state index in [9.17, 15) is 4.79 Å². The first-order valence-electron chi connectivity index (χ1n) is 4.63. The van der Waals surface area contributed by atoms with Crippen LogP contribution >= 0.6 is 22.9 Å². The maximum Gasteiger partial charge on any atom is 0.286 e. The number of anilines is 1. The van der Waals surface area contributed by atoms with Gasteiger partial charge in [0.25, 0.3) is 5.91 Å². The summed E-state index contributed by atoms with van der Waals surface area (Å²) in [7, 11) is 1.58. The van der Waals surface area contributed by atoms with E-state index in [1.807, 2.05) is 0 Å². The number of halogens is 1. The number of hydrogen-bond donors (Lipinski definition) is 1. The lowest BCUT2D eigenvalue weighted by Crippen LogP contribution is -2.11. The number of nitrogens with zero attached hydrogens (tertiary/aromatic N) is 2. The molecule has 0 atom stereocenters. The minimum Gasteiger partial charge on any atom is -0.497 e. The van der Waals surface area contributed by atoms with Crippen molar-refractivity contribution in [2.24, 2.45) is 0 Å². The van der Waals surface area contributed by atoms with Gasteiger partial charge in [0.2, 0.25) is 9.47 Å². The molecule has 0 aliphatic rings. The first kappa shape index (κ1) is 11.8. The van der Waals surface area contributed by atoms with E-state index in [4.69, 9.17) is 16.3 Å². The van der Waals surface area contributed by atoms with Crippen molar-refractivity contribution in [1.82, 2.24) is 10.2 Å². The van der Waals surface area contributed by atoms with Crippen molar-refractivity contribution < 1.29 is 9.53 Å². The minimum atomic E-state index is -0.334. The van der Waals surface area contributed by atoms with Crippen LogP contribution in [0.4, 0.5) is 5.69 Å². The van der Waals surface area contributed by atoms with E-state index >= 15 is 0 Å². The third kappa shape index (κ3) is 2.92. The second-order valence-electron chi connectivity index (χ2n) is 3.04. The van der Waals surface area contributed by atoms with Crippen LogP contribution in [0.2, 0.25) is 4.47 Å². The van der Waals surface area contributed by atoms with Gasteiger partial charge in [-0.3, -0.25) is 4.79 Å². The predicted octanol–water partition coefficient (Wildman–Crippen LogP) is 2.45. The van der Waals surface area contributed by atoms with Crippen molar-refractivity contribution >= 4 is 34.5 Å². The minimum absolute atomic E-state index is 0.228. The Labute approximate surface area is 106 Å². The summed E-state index contributed by atoms with van der Waals surface area (Å²) in [6.07, 6.45) is 0. The molecule has 0 unspecified atom stereocenters. The van der Waals surface area contributed by atoms with E-state index in [0.717, 1.165) is 17.1 Å². The molecule has 1 aromatic carbocycles. The van der Waals surface area contributed by atoms with E-state index in [-0.39, 0.29) is 15.4 Å². The van der Waals surface area contributed by atoms with Gasteiger partial charge >= 0.3 is 0 Å². The fourth-order valence-electron chi connectivity index (χ4n) is 1.16. The van der Waals surface area contributed by atoms with Gasteiger partial charge in [0.1, 0.15) is 5.75 Å². The van der Waals surface area contributed by atoms with Gasteiger partial charge in [-0.2, -0.15) is 0 Å². The van der Waals surface area contributed by atoms with Crippen LogP contribution in [0.5, 0.6) is 5.75 Å². The molecule has 1 heterocycles. The predicted molar refractivity (Wildman–Crippen MR) is 65.9 cm³/mol. The maximum atomic E-state index is 11.7. The Morgan fingerprint density at radius 3 is 2.59 bits per heavy atom. The molecular formula is C10H8ClN3O2S. The smallest absolute Gasteiger partial charge is 0.286 e. The van der Waals surface area contributed by atoms with Crippen LogP contribution in [0, 0.1) is 0 Å².